The molecule has 7 heteroatoms. The van der Waals surface area contributed by atoms with Crippen LogP contribution in [0.4, 0.5) is 4.39 Å². The minimum absolute atomic E-state index is 0.177. The van der Waals surface area contributed by atoms with Gasteiger partial charge in [0.15, 0.2) is 0 Å². The van der Waals surface area contributed by atoms with Gasteiger partial charge in [-0.2, -0.15) is 0 Å². The van der Waals surface area contributed by atoms with Crippen LogP contribution in [-0.2, 0) is 16.4 Å². The average Bonchev–Trinajstić information content (AvgIpc) is 2.28. The van der Waals surface area contributed by atoms with Gasteiger partial charge in [0.05, 0.1) is 5.56 Å². The van der Waals surface area contributed by atoms with Crippen LogP contribution in [-0.4, -0.2) is 37.9 Å². The van der Waals surface area contributed by atoms with E-state index in [0.717, 1.165) is 16.4 Å². The third-order valence-electron chi connectivity index (χ3n) is 2.67. The molecule has 0 aromatic heterocycles. The molecule has 0 unspecified atom stereocenters. The average molecular weight is 289 g/mol. The molecule has 0 saturated heterocycles. The number of sulfonamides is 1. The molecule has 1 rings (SSSR count). The lowest BCUT2D eigenvalue weighted by Gasteiger charge is -2.14. The highest BCUT2D eigenvalue weighted by Gasteiger charge is 2.25. The second-order valence-electron chi connectivity index (χ2n) is 4.28. The second-order valence-corrected chi connectivity index (χ2v) is 6.40. The molecular weight excluding hydrogens is 273 g/mol. The van der Waals surface area contributed by atoms with Crippen molar-refractivity contribution in [2.75, 3.05) is 14.1 Å². The fourth-order valence-corrected chi connectivity index (χ4v) is 2.63. The van der Waals surface area contributed by atoms with Crippen LogP contribution in [0.15, 0.2) is 17.0 Å². The first-order valence-electron chi connectivity index (χ1n) is 5.70. The normalized spacial score (nSPS) is 11.8. The third-order valence-corrected chi connectivity index (χ3v) is 4.50. The summed E-state index contributed by atoms with van der Waals surface area (Å²) in [6.45, 7) is 1.83. The monoisotopic (exact) mass is 289 g/mol. The summed E-state index contributed by atoms with van der Waals surface area (Å²) in [4.78, 5) is 10.5. The molecule has 1 aromatic rings. The van der Waals surface area contributed by atoms with Gasteiger partial charge in [0.1, 0.15) is 10.7 Å². The molecule has 19 heavy (non-hydrogen) atoms. The third kappa shape index (κ3) is 3.10. The van der Waals surface area contributed by atoms with Gasteiger partial charge in [-0.1, -0.05) is 13.3 Å². The van der Waals surface area contributed by atoms with Gasteiger partial charge in [0, 0.05) is 14.1 Å². The van der Waals surface area contributed by atoms with Crippen molar-refractivity contribution in [1.29, 1.82) is 0 Å². The van der Waals surface area contributed by atoms with E-state index in [1.807, 2.05) is 6.92 Å². The van der Waals surface area contributed by atoms with Crippen molar-refractivity contribution in [3.8, 4) is 0 Å². The zero-order valence-corrected chi connectivity index (χ0v) is 11.8. The lowest BCUT2D eigenvalue weighted by atomic mass is 10.0. The van der Waals surface area contributed by atoms with Crippen molar-refractivity contribution >= 4 is 16.0 Å². The van der Waals surface area contributed by atoms with Crippen molar-refractivity contribution in [2.24, 2.45) is 0 Å². The molecule has 0 atom stereocenters. The molecule has 1 N–H and O–H groups in total. The van der Waals surface area contributed by atoms with Crippen molar-refractivity contribution in [3.05, 3.63) is 29.1 Å². The number of hydrogen-bond donors (Lipinski definition) is 1. The molecule has 0 aliphatic carbocycles. The van der Waals surface area contributed by atoms with Gasteiger partial charge in [-0.3, -0.25) is 0 Å². The van der Waals surface area contributed by atoms with Crippen LogP contribution in [0.5, 0.6) is 0 Å². The summed E-state index contributed by atoms with van der Waals surface area (Å²) in [6.07, 6.45) is 1.01. The Hall–Kier alpha value is -1.47. The smallest absolute Gasteiger partial charge is 0.336 e. The van der Waals surface area contributed by atoms with E-state index in [-0.39, 0.29) is 5.56 Å². The van der Waals surface area contributed by atoms with E-state index >= 15 is 0 Å². The summed E-state index contributed by atoms with van der Waals surface area (Å²) in [7, 11) is -1.48. The molecule has 0 spiro atoms. The van der Waals surface area contributed by atoms with Gasteiger partial charge in [-0.15, -0.1) is 0 Å². The number of carbonyl (C=O) groups is 1. The summed E-state index contributed by atoms with van der Waals surface area (Å²) in [5.74, 6) is -2.19. The predicted molar refractivity (Wildman–Crippen MR) is 68.2 cm³/mol. The summed E-state index contributed by atoms with van der Waals surface area (Å²) < 4.78 is 38.5. The SMILES string of the molecule is CCCc1cc(F)c(S(=O)(=O)N(C)C)cc1C(=O)O. The Bertz CT molecular complexity index is 596. The molecule has 0 radical (unpaired) electrons. The standard InChI is InChI=1S/C12H16FNO4S/c1-4-5-8-6-10(13)11(7-9(8)12(15)16)19(17,18)14(2)3/h6-7H,4-5H2,1-3H3,(H,15,16). The van der Waals surface area contributed by atoms with Crippen LogP contribution in [0.3, 0.4) is 0 Å². The first-order chi connectivity index (χ1) is 8.71. The Kier molecular flexibility index (Phi) is 4.65. The van der Waals surface area contributed by atoms with Gasteiger partial charge >= 0.3 is 5.97 Å². The molecule has 5 nitrogen and oxygen atoms in total. The van der Waals surface area contributed by atoms with Gasteiger partial charge in [-0.05, 0) is 24.1 Å². The maximum atomic E-state index is 13.9. The topological polar surface area (TPSA) is 74.7 Å². The molecule has 0 heterocycles. The van der Waals surface area contributed by atoms with E-state index in [2.05, 4.69) is 0 Å². The van der Waals surface area contributed by atoms with E-state index in [0.29, 0.717) is 18.4 Å². The van der Waals surface area contributed by atoms with Crippen LogP contribution in [0.1, 0.15) is 29.3 Å². The Balaban J connectivity index is 3.54. The Morgan fingerprint density at radius 1 is 1.37 bits per heavy atom. The van der Waals surface area contributed by atoms with E-state index in [9.17, 15) is 17.6 Å². The Labute approximate surface area is 111 Å². The number of carboxylic acid groups (broad SMARTS) is 1. The quantitative estimate of drug-likeness (QED) is 0.895. The van der Waals surface area contributed by atoms with Crippen LogP contribution >= 0.6 is 0 Å². The number of aryl methyl sites for hydroxylation is 1. The van der Waals surface area contributed by atoms with Crippen molar-refractivity contribution < 1.29 is 22.7 Å². The molecule has 0 aliphatic rings. The number of halogens is 1. The van der Waals surface area contributed by atoms with Gasteiger partial charge in [0.25, 0.3) is 0 Å². The molecule has 0 bridgehead atoms. The first kappa shape index (κ1) is 15.6. The van der Waals surface area contributed by atoms with Crippen LogP contribution < -0.4 is 0 Å². The van der Waals surface area contributed by atoms with Crippen LogP contribution in [0.2, 0.25) is 0 Å². The number of nitrogens with zero attached hydrogens (tertiary/aromatic N) is 1. The van der Waals surface area contributed by atoms with Gasteiger partial charge < -0.3 is 5.11 Å². The van der Waals surface area contributed by atoms with Crippen molar-refractivity contribution in [1.82, 2.24) is 4.31 Å². The fraction of sp³-hybridized carbons (Fsp3) is 0.417. The maximum absolute atomic E-state index is 13.9. The van der Waals surface area contributed by atoms with Crippen LogP contribution in [0, 0.1) is 5.82 Å². The number of rotatable bonds is 5. The predicted octanol–water partition coefficient (Wildman–Crippen LogP) is 1.73. The van der Waals surface area contributed by atoms with E-state index < -0.39 is 26.7 Å². The molecule has 0 amide bonds. The second kappa shape index (κ2) is 5.66. The molecule has 106 valence electrons. The van der Waals surface area contributed by atoms with E-state index in [4.69, 9.17) is 5.11 Å². The summed E-state index contributed by atoms with van der Waals surface area (Å²) in [6, 6.07) is 1.88. The Morgan fingerprint density at radius 2 is 1.95 bits per heavy atom. The number of hydrogen-bond acceptors (Lipinski definition) is 3. The highest BCUT2D eigenvalue weighted by molar-refractivity contribution is 7.89. The lowest BCUT2D eigenvalue weighted by molar-refractivity contribution is 0.0695. The minimum Gasteiger partial charge on any atom is -0.478 e. The first-order valence-corrected chi connectivity index (χ1v) is 7.14. The Morgan fingerprint density at radius 3 is 2.37 bits per heavy atom. The van der Waals surface area contributed by atoms with Gasteiger partial charge in [-0.25, -0.2) is 21.9 Å². The summed E-state index contributed by atoms with van der Waals surface area (Å²) >= 11 is 0. The number of carboxylic acids is 1. The van der Waals surface area contributed by atoms with Crippen molar-refractivity contribution in [2.45, 2.75) is 24.7 Å². The molecular formula is C12H16FNO4S. The van der Waals surface area contributed by atoms with E-state index in [1.165, 1.54) is 14.1 Å². The number of benzene rings is 1. The lowest BCUT2D eigenvalue weighted by Crippen LogP contribution is -2.24. The highest BCUT2D eigenvalue weighted by Crippen LogP contribution is 2.23. The van der Waals surface area contributed by atoms with E-state index in [1.54, 1.807) is 0 Å². The molecule has 0 saturated carbocycles. The minimum atomic E-state index is -4.00. The number of aromatic carboxylic acids is 1. The molecule has 0 aliphatic heterocycles. The largest absolute Gasteiger partial charge is 0.478 e. The van der Waals surface area contributed by atoms with Crippen LogP contribution in [0.25, 0.3) is 0 Å². The summed E-state index contributed by atoms with van der Waals surface area (Å²) in [5, 5.41) is 9.08. The zero-order valence-electron chi connectivity index (χ0n) is 11.0. The maximum Gasteiger partial charge on any atom is 0.336 e. The van der Waals surface area contributed by atoms with Crippen molar-refractivity contribution in [3.63, 3.8) is 0 Å². The molecule has 1 aromatic carbocycles. The summed E-state index contributed by atoms with van der Waals surface area (Å²) in [5.41, 5.74) is 0.119. The molecule has 0 fully saturated rings. The highest BCUT2D eigenvalue weighted by atomic mass is 32.2. The zero-order chi connectivity index (χ0) is 14.8. The fourth-order valence-electron chi connectivity index (χ4n) is 1.66. The van der Waals surface area contributed by atoms with Gasteiger partial charge in [0.2, 0.25) is 10.0 Å².